The van der Waals surface area contributed by atoms with Crippen LogP contribution in [0, 0.1) is 0 Å². The minimum absolute atomic E-state index is 0.152. The van der Waals surface area contributed by atoms with Crippen LogP contribution in [0.15, 0.2) is 30.2 Å². The molecule has 0 radical (unpaired) electrons. The second kappa shape index (κ2) is 5.48. The molecule has 1 amide bonds. The number of aromatic nitrogens is 2. The predicted molar refractivity (Wildman–Crippen MR) is 75.1 cm³/mol. The summed E-state index contributed by atoms with van der Waals surface area (Å²) in [5, 5.41) is 1.93. The quantitative estimate of drug-likeness (QED) is 0.845. The monoisotopic (exact) mass is 273 g/mol. The summed E-state index contributed by atoms with van der Waals surface area (Å²) in [5.74, 6) is 0.152. The molecule has 0 atom stereocenters. The molecule has 0 N–H and O–H groups in total. The third-order valence-electron chi connectivity index (χ3n) is 3.33. The molecule has 0 spiro atoms. The van der Waals surface area contributed by atoms with E-state index in [1.807, 2.05) is 16.3 Å². The van der Waals surface area contributed by atoms with Crippen molar-refractivity contribution in [3.05, 3.63) is 35.7 Å². The van der Waals surface area contributed by atoms with Gasteiger partial charge in [0.15, 0.2) is 0 Å². The Balaban J connectivity index is 1.79. The maximum atomic E-state index is 12.3. The Kier molecular flexibility index (Phi) is 3.55. The highest BCUT2D eigenvalue weighted by atomic mass is 32.1. The van der Waals surface area contributed by atoms with Gasteiger partial charge in [0.2, 0.25) is 0 Å². The van der Waals surface area contributed by atoms with Gasteiger partial charge in [0.1, 0.15) is 6.33 Å². The molecule has 98 valence electrons. The lowest BCUT2D eigenvalue weighted by atomic mass is 10.1. The van der Waals surface area contributed by atoms with E-state index in [4.69, 9.17) is 0 Å². The van der Waals surface area contributed by atoms with Crippen LogP contribution in [0.3, 0.4) is 0 Å². The fraction of sp³-hybridized carbons (Fsp3) is 0.357. The average molecular weight is 273 g/mol. The first-order valence-corrected chi connectivity index (χ1v) is 7.36. The number of nitrogens with zero attached hydrogens (tertiary/aromatic N) is 3. The van der Waals surface area contributed by atoms with Crippen LogP contribution in [-0.4, -0.2) is 33.9 Å². The SMILES string of the molecule is O=C(c1csc(-c2cncnc2)c1)N1CCCCC1. The lowest BCUT2D eigenvalue weighted by Gasteiger charge is -2.26. The van der Waals surface area contributed by atoms with Gasteiger partial charge in [-0.3, -0.25) is 4.79 Å². The van der Waals surface area contributed by atoms with Crippen LogP contribution >= 0.6 is 11.3 Å². The summed E-state index contributed by atoms with van der Waals surface area (Å²) in [4.78, 5) is 23.4. The molecule has 5 heteroatoms. The number of hydrogen-bond donors (Lipinski definition) is 0. The molecule has 1 aliphatic rings. The fourth-order valence-corrected chi connectivity index (χ4v) is 3.16. The second-order valence-electron chi connectivity index (χ2n) is 4.68. The molecule has 2 aromatic heterocycles. The summed E-state index contributed by atoms with van der Waals surface area (Å²) in [7, 11) is 0. The standard InChI is InChI=1S/C14H15N3OS/c18-14(17-4-2-1-3-5-17)11-6-13(19-9-11)12-7-15-10-16-8-12/h6-10H,1-5H2. The van der Waals surface area contributed by atoms with Crippen molar-refractivity contribution in [2.45, 2.75) is 19.3 Å². The Morgan fingerprint density at radius 1 is 1.16 bits per heavy atom. The Labute approximate surface area is 116 Å². The number of piperidine rings is 1. The fourth-order valence-electron chi connectivity index (χ4n) is 2.31. The Hall–Kier alpha value is -1.75. The van der Waals surface area contributed by atoms with Crippen molar-refractivity contribution in [2.24, 2.45) is 0 Å². The first-order chi connectivity index (χ1) is 9.34. The zero-order chi connectivity index (χ0) is 13.1. The van der Waals surface area contributed by atoms with Crippen LogP contribution in [0.25, 0.3) is 10.4 Å². The maximum Gasteiger partial charge on any atom is 0.254 e. The van der Waals surface area contributed by atoms with E-state index < -0.39 is 0 Å². The van der Waals surface area contributed by atoms with Gasteiger partial charge in [0, 0.05) is 41.3 Å². The summed E-state index contributed by atoms with van der Waals surface area (Å²) in [5.41, 5.74) is 1.75. The van der Waals surface area contributed by atoms with Crippen molar-refractivity contribution in [3.8, 4) is 10.4 Å². The smallest absolute Gasteiger partial charge is 0.254 e. The summed E-state index contributed by atoms with van der Waals surface area (Å²) in [6.07, 6.45) is 8.53. The van der Waals surface area contributed by atoms with Crippen molar-refractivity contribution < 1.29 is 4.79 Å². The minimum atomic E-state index is 0.152. The Morgan fingerprint density at radius 3 is 2.63 bits per heavy atom. The topological polar surface area (TPSA) is 46.1 Å². The summed E-state index contributed by atoms with van der Waals surface area (Å²) >= 11 is 1.57. The lowest BCUT2D eigenvalue weighted by Crippen LogP contribution is -2.35. The molecule has 2 aromatic rings. The number of carbonyl (C=O) groups excluding carboxylic acids is 1. The highest BCUT2D eigenvalue weighted by Crippen LogP contribution is 2.27. The van der Waals surface area contributed by atoms with Gasteiger partial charge in [-0.15, -0.1) is 11.3 Å². The average Bonchev–Trinajstić information content (AvgIpc) is 2.98. The molecule has 3 heterocycles. The molecule has 0 unspecified atom stereocenters. The van der Waals surface area contributed by atoms with Crippen molar-refractivity contribution >= 4 is 17.2 Å². The van der Waals surface area contributed by atoms with Crippen molar-refractivity contribution in [2.75, 3.05) is 13.1 Å². The van der Waals surface area contributed by atoms with E-state index in [2.05, 4.69) is 9.97 Å². The van der Waals surface area contributed by atoms with E-state index in [0.717, 1.165) is 41.9 Å². The molecule has 0 aromatic carbocycles. The largest absolute Gasteiger partial charge is 0.339 e. The van der Waals surface area contributed by atoms with E-state index in [1.165, 1.54) is 12.7 Å². The zero-order valence-electron chi connectivity index (χ0n) is 10.6. The number of likely N-dealkylation sites (tertiary alicyclic amines) is 1. The van der Waals surface area contributed by atoms with Gasteiger partial charge in [0.05, 0.1) is 5.56 Å². The zero-order valence-corrected chi connectivity index (χ0v) is 11.4. The van der Waals surface area contributed by atoms with Crippen LogP contribution in [0.1, 0.15) is 29.6 Å². The molecule has 0 saturated carbocycles. The first-order valence-electron chi connectivity index (χ1n) is 6.48. The molecule has 4 nitrogen and oxygen atoms in total. The summed E-state index contributed by atoms with van der Waals surface area (Å²) in [6.45, 7) is 1.77. The lowest BCUT2D eigenvalue weighted by molar-refractivity contribution is 0.0725. The van der Waals surface area contributed by atoms with Crippen LogP contribution in [0.5, 0.6) is 0 Å². The number of amides is 1. The van der Waals surface area contributed by atoms with E-state index in [-0.39, 0.29) is 5.91 Å². The Morgan fingerprint density at radius 2 is 1.89 bits per heavy atom. The second-order valence-corrected chi connectivity index (χ2v) is 5.59. The predicted octanol–water partition coefficient (Wildman–Crippen LogP) is 2.83. The van der Waals surface area contributed by atoms with Gasteiger partial charge in [0.25, 0.3) is 5.91 Å². The first kappa shape index (κ1) is 12.3. The molecule has 1 fully saturated rings. The molecule has 0 bridgehead atoms. The number of thiophene rings is 1. The summed E-state index contributed by atoms with van der Waals surface area (Å²) < 4.78 is 0. The van der Waals surface area contributed by atoms with Crippen LogP contribution in [-0.2, 0) is 0 Å². The number of carbonyl (C=O) groups is 1. The molecule has 1 aliphatic heterocycles. The number of hydrogen-bond acceptors (Lipinski definition) is 4. The molecule has 0 aliphatic carbocycles. The van der Waals surface area contributed by atoms with Crippen molar-refractivity contribution in [1.82, 2.24) is 14.9 Å². The third-order valence-corrected chi connectivity index (χ3v) is 4.31. The van der Waals surface area contributed by atoms with Gasteiger partial charge >= 0.3 is 0 Å². The Bertz CT molecular complexity index is 561. The van der Waals surface area contributed by atoms with Gasteiger partial charge in [-0.05, 0) is 25.3 Å². The van der Waals surface area contributed by atoms with Gasteiger partial charge < -0.3 is 4.90 Å². The number of rotatable bonds is 2. The summed E-state index contributed by atoms with van der Waals surface area (Å²) in [6, 6.07) is 1.94. The minimum Gasteiger partial charge on any atom is -0.339 e. The van der Waals surface area contributed by atoms with Crippen molar-refractivity contribution in [3.63, 3.8) is 0 Å². The maximum absolute atomic E-state index is 12.3. The third kappa shape index (κ3) is 2.66. The van der Waals surface area contributed by atoms with Gasteiger partial charge in [-0.25, -0.2) is 9.97 Å². The van der Waals surface area contributed by atoms with Gasteiger partial charge in [-0.1, -0.05) is 0 Å². The molecule has 3 rings (SSSR count). The van der Waals surface area contributed by atoms with E-state index >= 15 is 0 Å². The highest BCUT2D eigenvalue weighted by Gasteiger charge is 2.19. The van der Waals surface area contributed by atoms with E-state index in [1.54, 1.807) is 23.7 Å². The highest BCUT2D eigenvalue weighted by molar-refractivity contribution is 7.13. The van der Waals surface area contributed by atoms with Crippen LogP contribution in [0.4, 0.5) is 0 Å². The van der Waals surface area contributed by atoms with Crippen LogP contribution < -0.4 is 0 Å². The van der Waals surface area contributed by atoms with Crippen LogP contribution in [0.2, 0.25) is 0 Å². The van der Waals surface area contributed by atoms with Crippen molar-refractivity contribution in [1.29, 1.82) is 0 Å². The molecular weight excluding hydrogens is 258 g/mol. The molecule has 19 heavy (non-hydrogen) atoms. The van der Waals surface area contributed by atoms with E-state index in [0.29, 0.717) is 0 Å². The molecule has 1 saturated heterocycles. The van der Waals surface area contributed by atoms with Gasteiger partial charge in [-0.2, -0.15) is 0 Å². The molecular formula is C14H15N3OS. The normalized spacial score (nSPS) is 15.5. The van der Waals surface area contributed by atoms with E-state index in [9.17, 15) is 4.79 Å².